The summed E-state index contributed by atoms with van der Waals surface area (Å²) in [6, 6.07) is 10.6. The minimum Gasteiger partial charge on any atom is -0.352 e. The van der Waals surface area contributed by atoms with Crippen LogP contribution in [0.25, 0.3) is 21.9 Å². The average Bonchev–Trinajstić information content (AvgIpc) is 3.47. The van der Waals surface area contributed by atoms with E-state index in [0.717, 1.165) is 36.0 Å². The van der Waals surface area contributed by atoms with Gasteiger partial charge in [-0.2, -0.15) is 5.10 Å². The molecule has 3 aromatic heterocycles. The molecule has 1 aromatic carbocycles. The van der Waals surface area contributed by atoms with Crippen molar-refractivity contribution >= 4 is 27.8 Å². The fraction of sp³-hybridized carbons (Fsp3) is 0.375. The lowest BCUT2D eigenvalue weighted by molar-refractivity contribution is 0.0955. The van der Waals surface area contributed by atoms with E-state index in [-0.39, 0.29) is 5.91 Å². The lowest BCUT2D eigenvalue weighted by atomic mass is 10.1. The number of hydrogen-bond acceptors (Lipinski definition) is 3. The van der Waals surface area contributed by atoms with E-state index in [1.54, 1.807) is 6.20 Å². The van der Waals surface area contributed by atoms with Crippen molar-refractivity contribution in [1.29, 1.82) is 0 Å². The van der Waals surface area contributed by atoms with Crippen molar-refractivity contribution < 1.29 is 4.79 Å². The third kappa shape index (κ3) is 3.26. The molecule has 0 aliphatic heterocycles. The number of hydrogen-bond donors (Lipinski definition) is 1. The highest BCUT2D eigenvalue weighted by Crippen LogP contribution is 2.32. The van der Waals surface area contributed by atoms with Crippen molar-refractivity contribution in [3.05, 3.63) is 59.5 Å². The minimum absolute atomic E-state index is 0.0586. The van der Waals surface area contributed by atoms with E-state index in [2.05, 4.69) is 52.5 Å². The Bertz CT molecular complexity index is 1230. The summed E-state index contributed by atoms with van der Waals surface area (Å²) in [6.45, 7) is 2.53. The summed E-state index contributed by atoms with van der Waals surface area (Å²) < 4.78 is 4.17. The van der Waals surface area contributed by atoms with Crippen LogP contribution in [0.4, 0.5) is 0 Å². The Morgan fingerprint density at radius 2 is 2.00 bits per heavy atom. The molecule has 0 saturated heterocycles. The van der Waals surface area contributed by atoms with Crippen LogP contribution in [0.3, 0.4) is 0 Å². The molecule has 1 aliphatic rings. The summed E-state index contributed by atoms with van der Waals surface area (Å²) in [7, 11) is 2.06. The molecule has 1 fully saturated rings. The number of pyridine rings is 1. The largest absolute Gasteiger partial charge is 0.352 e. The Hall–Kier alpha value is -3.15. The lowest BCUT2D eigenvalue weighted by Gasteiger charge is -2.12. The van der Waals surface area contributed by atoms with Crippen LogP contribution in [0, 0.1) is 6.92 Å². The highest BCUT2D eigenvalue weighted by Gasteiger charge is 2.22. The Morgan fingerprint density at radius 1 is 1.20 bits per heavy atom. The number of amides is 1. The van der Waals surface area contributed by atoms with Crippen LogP contribution in [-0.2, 0) is 13.5 Å². The van der Waals surface area contributed by atoms with Gasteiger partial charge in [-0.3, -0.25) is 4.79 Å². The number of benzene rings is 1. The molecular formula is C24H27N5O. The molecule has 1 N–H and O–H groups in total. The van der Waals surface area contributed by atoms with Gasteiger partial charge in [-0.15, -0.1) is 0 Å². The predicted octanol–water partition coefficient (Wildman–Crippen LogP) is 4.32. The topological polar surface area (TPSA) is 64.7 Å². The van der Waals surface area contributed by atoms with Crippen molar-refractivity contribution in [2.24, 2.45) is 7.05 Å². The maximum absolute atomic E-state index is 13.0. The standard InChI is InChI=1S/C24H27N5O/c1-16-13-20(21-14-26-29(23(21)27-16)18-7-3-4-8-18)24(30)25-12-11-17-15-28(2)22-10-6-5-9-19(17)22/h5-6,9-10,13-15,18H,3-4,7-8,11-12H2,1-2H3,(H,25,30). The summed E-state index contributed by atoms with van der Waals surface area (Å²) in [5, 5.41) is 9.79. The summed E-state index contributed by atoms with van der Waals surface area (Å²) in [5.41, 5.74) is 4.81. The van der Waals surface area contributed by atoms with Gasteiger partial charge >= 0.3 is 0 Å². The zero-order chi connectivity index (χ0) is 20.7. The molecule has 0 spiro atoms. The molecule has 30 heavy (non-hydrogen) atoms. The number of nitrogens with one attached hydrogen (secondary N) is 1. The smallest absolute Gasteiger partial charge is 0.252 e. The third-order valence-electron chi connectivity index (χ3n) is 6.27. The van der Waals surface area contributed by atoms with Gasteiger partial charge in [0.15, 0.2) is 5.65 Å². The Labute approximate surface area is 175 Å². The third-order valence-corrected chi connectivity index (χ3v) is 6.27. The first kappa shape index (κ1) is 18.9. The van der Waals surface area contributed by atoms with Gasteiger partial charge in [0, 0.05) is 36.4 Å². The first-order valence-electron chi connectivity index (χ1n) is 10.8. The van der Waals surface area contributed by atoms with Gasteiger partial charge in [-0.1, -0.05) is 31.0 Å². The molecule has 0 unspecified atom stereocenters. The van der Waals surface area contributed by atoms with E-state index in [1.807, 2.05) is 17.7 Å². The van der Waals surface area contributed by atoms with E-state index < -0.39 is 0 Å². The number of rotatable bonds is 5. The number of nitrogens with zero attached hydrogens (tertiary/aromatic N) is 4. The Balaban J connectivity index is 1.36. The highest BCUT2D eigenvalue weighted by molar-refractivity contribution is 6.05. The van der Waals surface area contributed by atoms with Crippen molar-refractivity contribution in [3.63, 3.8) is 0 Å². The highest BCUT2D eigenvalue weighted by atomic mass is 16.1. The normalized spacial score (nSPS) is 14.7. The Kier molecular flexibility index (Phi) is 4.77. The summed E-state index contributed by atoms with van der Waals surface area (Å²) in [4.78, 5) is 17.7. The number of carbonyl (C=O) groups is 1. The molecule has 0 radical (unpaired) electrons. The van der Waals surface area contributed by atoms with Gasteiger partial charge in [-0.25, -0.2) is 9.67 Å². The van der Waals surface area contributed by atoms with Crippen molar-refractivity contribution in [1.82, 2.24) is 24.6 Å². The number of carbonyl (C=O) groups excluding carboxylic acids is 1. The molecule has 0 bridgehead atoms. The van der Waals surface area contributed by atoms with E-state index in [9.17, 15) is 4.79 Å². The number of fused-ring (bicyclic) bond motifs is 2. The van der Waals surface area contributed by atoms with Crippen LogP contribution in [-0.4, -0.2) is 31.8 Å². The molecule has 0 atom stereocenters. The van der Waals surface area contributed by atoms with Crippen LogP contribution in [0.5, 0.6) is 0 Å². The van der Waals surface area contributed by atoms with E-state index in [1.165, 1.54) is 29.3 Å². The number of para-hydroxylation sites is 1. The summed E-state index contributed by atoms with van der Waals surface area (Å²) in [5.74, 6) is -0.0586. The van der Waals surface area contributed by atoms with E-state index in [4.69, 9.17) is 4.98 Å². The number of aryl methyl sites for hydroxylation is 2. The van der Waals surface area contributed by atoms with Crippen LogP contribution >= 0.6 is 0 Å². The fourth-order valence-corrected chi connectivity index (χ4v) is 4.78. The van der Waals surface area contributed by atoms with E-state index >= 15 is 0 Å². The average molecular weight is 402 g/mol. The van der Waals surface area contributed by atoms with Crippen molar-refractivity contribution in [2.75, 3.05) is 6.54 Å². The van der Waals surface area contributed by atoms with Crippen LogP contribution in [0.15, 0.2) is 42.7 Å². The zero-order valence-corrected chi connectivity index (χ0v) is 17.6. The van der Waals surface area contributed by atoms with Crippen LogP contribution in [0.1, 0.15) is 53.3 Å². The molecule has 5 rings (SSSR count). The van der Waals surface area contributed by atoms with Crippen molar-refractivity contribution in [2.45, 2.75) is 45.1 Å². The molecule has 3 heterocycles. The molecule has 4 aromatic rings. The van der Waals surface area contributed by atoms with Gasteiger partial charge in [0.05, 0.1) is 23.2 Å². The minimum atomic E-state index is -0.0586. The molecule has 1 amide bonds. The summed E-state index contributed by atoms with van der Waals surface area (Å²) >= 11 is 0. The second-order valence-corrected chi connectivity index (χ2v) is 8.36. The van der Waals surface area contributed by atoms with Crippen LogP contribution < -0.4 is 5.32 Å². The van der Waals surface area contributed by atoms with Gasteiger partial charge in [-0.05, 0) is 43.9 Å². The maximum atomic E-state index is 13.0. The summed E-state index contributed by atoms with van der Waals surface area (Å²) in [6.07, 6.45) is 9.50. The molecule has 1 saturated carbocycles. The van der Waals surface area contributed by atoms with E-state index in [0.29, 0.717) is 18.2 Å². The van der Waals surface area contributed by atoms with Crippen molar-refractivity contribution in [3.8, 4) is 0 Å². The molecular weight excluding hydrogens is 374 g/mol. The second-order valence-electron chi connectivity index (χ2n) is 8.36. The Morgan fingerprint density at radius 3 is 2.83 bits per heavy atom. The van der Waals surface area contributed by atoms with Gasteiger partial charge in [0.1, 0.15) is 0 Å². The second kappa shape index (κ2) is 7.59. The lowest BCUT2D eigenvalue weighted by Crippen LogP contribution is -2.26. The van der Waals surface area contributed by atoms with Gasteiger partial charge in [0.25, 0.3) is 5.91 Å². The zero-order valence-electron chi connectivity index (χ0n) is 17.6. The maximum Gasteiger partial charge on any atom is 0.252 e. The van der Waals surface area contributed by atoms with Gasteiger partial charge in [0.2, 0.25) is 0 Å². The van der Waals surface area contributed by atoms with Gasteiger partial charge < -0.3 is 9.88 Å². The monoisotopic (exact) mass is 401 g/mol. The fourth-order valence-electron chi connectivity index (χ4n) is 4.78. The SMILES string of the molecule is Cc1cc(C(=O)NCCc2cn(C)c3ccccc23)c2cnn(C3CCCC3)c2n1. The first-order valence-corrected chi connectivity index (χ1v) is 10.8. The quantitative estimate of drug-likeness (QED) is 0.542. The first-order chi connectivity index (χ1) is 14.6. The predicted molar refractivity (Wildman–Crippen MR) is 119 cm³/mol. The molecule has 6 nitrogen and oxygen atoms in total. The molecule has 6 heteroatoms. The number of aromatic nitrogens is 4. The molecule has 1 aliphatic carbocycles. The molecule has 154 valence electrons. The van der Waals surface area contributed by atoms with Crippen LogP contribution in [0.2, 0.25) is 0 Å².